The molecule has 0 aliphatic carbocycles. The van der Waals surface area contributed by atoms with Crippen LogP contribution in [0.2, 0.25) is 0 Å². The number of benzene rings is 1. The first-order valence-electron chi connectivity index (χ1n) is 6.44. The molecule has 0 saturated carbocycles. The van der Waals surface area contributed by atoms with Crippen molar-refractivity contribution in [1.29, 1.82) is 0 Å². The minimum Gasteiger partial charge on any atom is -0.508 e. The molecule has 2 atom stereocenters. The first-order valence-corrected chi connectivity index (χ1v) is 7.60. The number of phenolic OH excluding ortho intramolecular Hbond substituents is 1. The smallest absolute Gasteiger partial charge is 0.237 e. The molecule has 0 radical (unpaired) electrons. The Hall–Kier alpha value is -1.20. The molecule has 0 spiro atoms. The van der Waals surface area contributed by atoms with Gasteiger partial charge in [-0.1, -0.05) is 19.1 Å². The highest BCUT2D eigenvalue weighted by molar-refractivity contribution is 7.99. The molecule has 0 fully saturated rings. The number of nitrogens with two attached hydrogens (primary N) is 1. The maximum atomic E-state index is 11.9. The highest BCUT2D eigenvalue weighted by atomic mass is 32.2. The van der Waals surface area contributed by atoms with Crippen LogP contribution in [-0.2, 0) is 11.2 Å². The zero-order valence-electron chi connectivity index (χ0n) is 11.4. The van der Waals surface area contributed by atoms with Gasteiger partial charge in [-0.15, -0.1) is 0 Å². The number of aromatic hydroxyl groups is 1. The van der Waals surface area contributed by atoms with Crippen LogP contribution in [0.3, 0.4) is 0 Å². The van der Waals surface area contributed by atoms with E-state index in [0.717, 1.165) is 17.1 Å². The molecule has 0 aliphatic rings. The lowest BCUT2D eigenvalue weighted by molar-refractivity contribution is -0.122. The van der Waals surface area contributed by atoms with E-state index in [1.807, 2.05) is 6.92 Å². The van der Waals surface area contributed by atoms with Crippen LogP contribution < -0.4 is 11.1 Å². The normalized spacial score (nSPS) is 13.8. The standard InChI is InChI=1S/C14H22N2O2S/c1-3-19-9-10(2)16-14(18)13(15)8-11-4-6-12(17)7-5-11/h4-7,10,13,17H,3,8-9,15H2,1-2H3,(H,16,18)/t10?,13-/m1/s1. The first-order chi connectivity index (χ1) is 9.02. The van der Waals surface area contributed by atoms with Crippen LogP contribution in [0.4, 0.5) is 0 Å². The summed E-state index contributed by atoms with van der Waals surface area (Å²) in [6.45, 7) is 4.07. The van der Waals surface area contributed by atoms with Gasteiger partial charge in [0.1, 0.15) is 5.75 Å². The maximum absolute atomic E-state index is 11.9. The Morgan fingerprint density at radius 1 is 1.42 bits per heavy atom. The number of amides is 1. The molecule has 1 amide bonds. The number of rotatable bonds is 7. The van der Waals surface area contributed by atoms with Crippen molar-refractivity contribution >= 4 is 17.7 Å². The number of carbonyl (C=O) groups is 1. The second-order valence-corrected chi connectivity index (χ2v) is 5.87. The zero-order valence-corrected chi connectivity index (χ0v) is 12.2. The summed E-state index contributed by atoms with van der Waals surface area (Å²) in [4.78, 5) is 11.9. The van der Waals surface area contributed by atoms with Gasteiger partial charge in [-0.3, -0.25) is 4.79 Å². The van der Waals surface area contributed by atoms with Gasteiger partial charge >= 0.3 is 0 Å². The Morgan fingerprint density at radius 3 is 2.63 bits per heavy atom. The highest BCUT2D eigenvalue weighted by Gasteiger charge is 2.16. The summed E-state index contributed by atoms with van der Waals surface area (Å²) >= 11 is 1.79. The molecule has 1 aromatic rings. The Labute approximate surface area is 118 Å². The number of hydrogen-bond donors (Lipinski definition) is 3. The van der Waals surface area contributed by atoms with Crippen LogP contribution in [0, 0.1) is 0 Å². The Bertz CT molecular complexity index is 395. The molecular formula is C14H22N2O2S. The molecule has 0 aliphatic heterocycles. The van der Waals surface area contributed by atoms with Gasteiger partial charge in [0.25, 0.3) is 0 Å². The summed E-state index contributed by atoms with van der Waals surface area (Å²) in [6, 6.07) is 6.32. The summed E-state index contributed by atoms with van der Waals surface area (Å²) in [5.41, 5.74) is 6.82. The predicted octanol–water partition coefficient (Wildman–Crippen LogP) is 1.52. The molecule has 106 valence electrons. The molecule has 19 heavy (non-hydrogen) atoms. The molecule has 5 heteroatoms. The van der Waals surface area contributed by atoms with E-state index in [1.165, 1.54) is 0 Å². The van der Waals surface area contributed by atoms with Crippen LogP contribution in [0.5, 0.6) is 5.75 Å². The molecular weight excluding hydrogens is 260 g/mol. The third-order valence-corrected chi connectivity index (χ3v) is 3.83. The Morgan fingerprint density at radius 2 is 2.05 bits per heavy atom. The average molecular weight is 282 g/mol. The first kappa shape index (κ1) is 15.9. The van der Waals surface area contributed by atoms with Crippen molar-refractivity contribution in [3.8, 4) is 5.75 Å². The van der Waals surface area contributed by atoms with Crippen molar-refractivity contribution in [3.63, 3.8) is 0 Å². The number of phenols is 1. The largest absolute Gasteiger partial charge is 0.508 e. The van der Waals surface area contributed by atoms with Crippen LogP contribution in [-0.4, -0.2) is 34.6 Å². The summed E-state index contributed by atoms with van der Waals surface area (Å²) in [5, 5.41) is 12.1. The van der Waals surface area contributed by atoms with Gasteiger partial charge < -0.3 is 16.2 Å². The summed E-state index contributed by atoms with van der Waals surface area (Å²) < 4.78 is 0. The maximum Gasteiger partial charge on any atom is 0.237 e. The summed E-state index contributed by atoms with van der Waals surface area (Å²) in [6.07, 6.45) is 0.472. The van der Waals surface area contributed by atoms with Crippen molar-refractivity contribution < 1.29 is 9.90 Å². The van der Waals surface area contributed by atoms with Crippen molar-refractivity contribution in [2.24, 2.45) is 5.73 Å². The fraction of sp³-hybridized carbons (Fsp3) is 0.500. The molecule has 4 nitrogen and oxygen atoms in total. The quantitative estimate of drug-likeness (QED) is 0.709. The van der Waals surface area contributed by atoms with Gasteiger partial charge in [-0.05, 0) is 36.8 Å². The van der Waals surface area contributed by atoms with Crippen LogP contribution >= 0.6 is 11.8 Å². The fourth-order valence-electron chi connectivity index (χ4n) is 1.66. The minimum atomic E-state index is -0.557. The summed E-state index contributed by atoms with van der Waals surface area (Å²) in [5.74, 6) is 2.03. The molecule has 1 aromatic carbocycles. The lowest BCUT2D eigenvalue weighted by Crippen LogP contribution is -2.46. The zero-order chi connectivity index (χ0) is 14.3. The van der Waals surface area contributed by atoms with Crippen molar-refractivity contribution in [2.45, 2.75) is 32.4 Å². The van der Waals surface area contributed by atoms with Gasteiger partial charge in [-0.2, -0.15) is 11.8 Å². The molecule has 1 rings (SSSR count). The monoisotopic (exact) mass is 282 g/mol. The molecule has 4 N–H and O–H groups in total. The summed E-state index contributed by atoms with van der Waals surface area (Å²) in [7, 11) is 0. The topological polar surface area (TPSA) is 75.4 Å². The van der Waals surface area contributed by atoms with Crippen LogP contribution in [0.15, 0.2) is 24.3 Å². The lowest BCUT2D eigenvalue weighted by Gasteiger charge is -2.17. The van der Waals surface area contributed by atoms with E-state index in [1.54, 1.807) is 36.0 Å². The minimum absolute atomic E-state index is 0.128. The number of hydrogen-bond acceptors (Lipinski definition) is 4. The van der Waals surface area contributed by atoms with Gasteiger partial charge in [0.2, 0.25) is 5.91 Å². The van der Waals surface area contributed by atoms with Crippen LogP contribution in [0.1, 0.15) is 19.4 Å². The number of thioether (sulfide) groups is 1. The molecule has 0 saturated heterocycles. The van der Waals surface area contributed by atoms with Gasteiger partial charge in [0.05, 0.1) is 6.04 Å². The second kappa shape index (κ2) is 8.07. The fourth-order valence-corrected chi connectivity index (χ4v) is 2.34. The van der Waals surface area contributed by atoms with Gasteiger partial charge in [0.15, 0.2) is 0 Å². The highest BCUT2D eigenvalue weighted by Crippen LogP contribution is 2.11. The molecule has 0 aromatic heterocycles. The van der Waals surface area contributed by atoms with E-state index < -0.39 is 6.04 Å². The third-order valence-electron chi connectivity index (χ3n) is 2.69. The van der Waals surface area contributed by atoms with E-state index in [2.05, 4.69) is 12.2 Å². The van der Waals surface area contributed by atoms with Gasteiger partial charge in [-0.25, -0.2) is 0 Å². The van der Waals surface area contributed by atoms with E-state index in [0.29, 0.717) is 6.42 Å². The van der Waals surface area contributed by atoms with Crippen LogP contribution in [0.25, 0.3) is 0 Å². The molecule has 0 heterocycles. The van der Waals surface area contributed by atoms with Crippen molar-refractivity contribution in [1.82, 2.24) is 5.32 Å². The van der Waals surface area contributed by atoms with E-state index in [9.17, 15) is 9.90 Å². The Balaban J connectivity index is 2.42. The number of nitrogens with one attached hydrogen (secondary N) is 1. The molecule has 1 unspecified atom stereocenters. The SMILES string of the molecule is CCSCC(C)NC(=O)[C@H](N)Cc1ccc(O)cc1. The van der Waals surface area contributed by atoms with Crippen molar-refractivity contribution in [2.75, 3.05) is 11.5 Å². The van der Waals surface area contributed by atoms with E-state index >= 15 is 0 Å². The lowest BCUT2D eigenvalue weighted by atomic mass is 10.1. The van der Waals surface area contributed by atoms with E-state index in [-0.39, 0.29) is 17.7 Å². The van der Waals surface area contributed by atoms with Gasteiger partial charge in [0, 0.05) is 11.8 Å². The second-order valence-electron chi connectivity index (χ2n) is 4.55. The van der Waals surface area contributed by atoms with E-state index in [4.69, 9.17) is 5.73 Å². The van der Waals surface area contributed by atoms with Crippen molar-refractivity contribution in [3.05, 3.63) is 29.8 Å². The third kappa shape index (κ3) is 5.98. The number of carbonyl (C=O) groups excluding carboxylic acids is 1. The Kier molecular flexibility index (Phi) is 6.73. The molecule has 0 bridgehead atoms. The average Bonchev–Trinajstić information content (AvgIpc) is 2.39. The predicted molar refractivity (Wildman–Crippen MR) is 80.4 cm³/mol.